The molecule has 0 aliphatic carbocycles. The van der Waals surface area contributed by atoms with Crippen molar-refractivity contribution < 1.29 is 14.3 Å². The number of nitrogens with one attached hydrogen (secondary N) is 1. The summed E-state index contributed by atoms with van der Waals surface area (Å²) in [5.74, 6) is -0.209. The Labute approximate surface area is 129 Å². The Morgan fingerprint density at radius 3 is 2.62 bits per heavy atom. The van der Waals surface area contributed by atoms with Crippen LogP contribution in [0.3, 0.4) is 0 Å². The van der Waals surface area contributed by atoms with Crippen molar-refractivity contribution in [2.75, 3.05) is 32.6 Å². The summed E-state index contributed by atoms with van der Waals surface area (Å²) in [5, 5.41) is 3.15. The third kappa shape index (κ3) is 6.22. The molecule has 0 aromatic carbocycles. The Bertz CT molecular complexity index is 498. The van der Waals surface area contributed by atoms with Crippen LogP contribution in [0.1, 0.15) is 35.6 Å². The molecule has 21 heavy (non-hydrogen) atoms. The predicted octanol–water partition coefficient (Wildman–Crippen LogP) is 2.15. The summed E-state index contributed by atoms with van der Waals surface area (Å²) in [5.41, 5.74) is 0.580. The molecule has 0 radical (unpaired) electrons. The van der Waals surface area contributed by atoms with Gasteiger partial charge in [-0.15, -0.1) is 0 Å². The fourth-order valence-corrected chi connectivity index (χ4v) is 2.33. The lowest BCUT2D eigenvalue weighted by Gasteiger charge is -2.08. The van der Waals surface area contributed by atoms with Crippen LogP contribution in [0.15, 0.2) is 0 Å². The maximum atomic E-state index is 11.9. The van der Waals surface area contributed by atoms with Gasteiger partial charge in [-0.2, -0.15) is 0 Å². The Balaban J connectivity index is 2.61. The molecule has 1 aromatic heterocycles. The lowest BCUT2D eigenvalue weighted by Crippen LogP contribution is -2.20. The SMILES string of the molecule is Cc1nc(NC(=O)CCN(C)C)sc1C(=O)OCC(C)C. The van der Waals surface area contributed by atoms with E-state index in [-0.39, 0.29) is 17.8 Å². The van der Waals surface area contributed by atoms with E-state index < -0.39 is 0 Å². The van der Waals surface area contributed by atoms with Gasteiger partial charge in [0.1, 0.15) is 4.88 Å². The van der Waals surface area contributed by atoms with Gasteiger partial charge in [-0.3, -0.25) is 4.79 Å². The lowest BCUT2D eigenvalue weighted by molar-refractivity contribution is -0.116. The molecule has 1 heterocycles. The number of esters is 1. The molecule has 1 rings (SSSR count). The molecule has 6 nitrogen and oxygen atoms in total. The van der Waals surface area contributed by atoms with Crippen molar-refractivity contribution in [2.45, 2.75) is 27.2 Å². The van der Waals surface area contributed by atoms with Crippen LogP contribution in [0, 0.1) is 12.8 Å². The van der Waals surface area contributed by atoms with Gasteiger partial charge in [-0.1, -0.05) is 25.2 Å². The van der Waals surface area contributed by atoms with Gasteiger partial charge >= 0.3 is 5.97 Å². The van der Waals surface area contributed by atoms with Crippen LogP contribution in [0.2, 0.25) is 0 Å². The second kappa shape index (κ2) is 8.09. The first-order chi connectivity index (χ1) is 9.79. The monoisotopic (exact) mass is 313 g/mol. The smallest absolute Gasteiger partial charge is 0.350 e. The second-order valence-electron chi connectivity index (χ2n) is 5.53. The quantitative estimate of drug-likeness (QED) is 0.781. The average molecular weight is 313 g/mol. The van der Waals surface area contributed by atoms with Crippen LogP contribution in [-0.4, -0.2) is 49.0 Å². The molecule has 0 aliphatic heterocycles. The van der Waals surface area contributed by atoms with E-state index in [1.54, 1.807) is 6.92 Å². The minimum Gasteiger partial charge on any atom is -0.461 e. The fraction of sp³-hybridized carbons (Fsp3) is 0.643. The van der Waals surface area contributed by atoms with Crippen molar-refractivity contribution in [1.82, 2.24) is 9.88 Å². The van der Waals surface area contributed by atoms with E-state index in [1.807, 2.05) is 32.8 Å². The van der Waals surface area contributed by atoms with E-state index in [2.05, 4.69) is 10.3 Å². The minimum absolute atomic E-state index is 0.112. The average Bonchev–Trinajstić information content (AvgIpc) is 2.74. The van der Waals surface area contributed by atoms with Crippen molar-refractivity contribution in [1.29, 1.82) is 0 Å². The Kier molecular flexibility index (Phi) is 6.77. The zero-order valence-electron chi connectivity index (χ0n) is 13.2. The zero-order chi connectivity index (χ0) is 16.0. The van der Waals surface area contributed by atoms with Gasteiger partial charge < -0.3 is 15.0 Å². The summed E-state index contributed by atoms with van der Waals surface area (Å²) in [6, 6.07) is 0. The number of amides is 1. The highest BCUT2D eigenvalue weighted by Gasteiger charge is 2.18. The van der Waals surface area contributed by atoms with E-state index >= 15 is 0 Å². The number of aryl methyl sites for hydroxylation is 1. The van der Waals surface area contributed by atoms with Crippen molar-refractivity contribution >= 4 is 28.3 Å². The van der Waals surface area contributed by atoms with E-state index in [1.165, 1.54) is 0 Å². The largest absolute Gasteiger partial charge is 0.461 e. The number of rotatable bonds is 7. The number of nitrogens with zero attached hydrogens (tertiary/aromatic N) is 2. The third-order valence-electron chi connectivity index (χ3n) is 2.56. The normalized spacial score (nSPS) is 11.0. The van der Waals surface area contributed by atoms with Crippen LogP contribution < -0.4 is 5.32 Å². The van der Waals surface area contributed by atoms with Crippen molar-refractivity contribution in [3.8, 4) is 0 Å². The highest BCUT2D eigenvalue weighted by Crippen LogP contribution is 2.23. The number of hydrogen-bond acceptors (Lipinski definition) is 6. The van der Waals surface area contributed by atoms with Gasteiger partial charge in [0.25, 0.3) is 0 Å². The number of anilines is 1. The lowest BCUT2D eigenvalue weighted by atomic mass is 10.2. The molecular weight excluding hydrogens is 290 g/mol. The van der Waals surface area contributed by atoms with Gasteiger partial charge in [0, 0.05) is 13.0 Å². The van der Waals surface area contributed by atoms with Gasteiger partial charge in [0.2, 0.25) is 5.91 Å². The number of ether oxygens (including phenoxy) is 1. The van der Waals surface area contributed by atoms with E-state index in [9.17, 15) is 9.59 Å². The first-order valence-electron chi connectivity index (χ1n) is 6.88. The van der Waals surface area contributed by atoms with E-state index in [0.717, 1.165) is 11.3 Å². The Morgan fingerprint density at radius 1 is 1.38 bits per heavy atom. The maximum absolute atomic E-state index is 11.9. The zero-order valence-corrected chi connectivity index (χ0v) is 14.0. The number of carbonyl (C=O) groups excluding carboxylic acids is 2. The number of aromatic nitrogens is 1. The summed E-state index contributed by atoms with van der Waals surface area (Å²) >= 11 is 1.15. The molecule has 0 aliphatic rings. The van der Waals surface area contributed by atoms with Crippen molar-refractivity contribution in [2.24, 2.45) is 5.92 Å². The molecule has 1 amide bonds. The number of hydrogen-bond donors (Lipinski definition) is 1. The van der Waals surface area contributed by atoms with Crippen LogP contribution in [-0.2, 0) is 9.53 Å². The number of thiazole rings is 1. The van der Waals surface area contributed by atoms with E-state index in [4.69, 9.17) is 4.74 Å². The highest BCUT2D eigenvalue weighted by atomic mass is 32.1. The molecular formula is C14H23N3O3S. The highest BCUT2D eigenvalue weighted by molar-refractivity contribution is 7.17. The summed E-state index contributed by atoms with van der Waals surface area (Å²) in [6.45, 7) is 6.73. The molecule has 0 fully saturated rings. The topological polar surface area (TPSA) is 71.5 Å². The van der Waals surface area contributed by atoms with Crippen LogP contribution in [0.4, 0.5) is 5.13 Å². The van der Waals surface area contributed by atoms with Gasteiger partial charge in [0.15, 0.2) is 5.13 Å². The number of carbonyl (C=O) groups is 2. The molecule has 118 valence electrons. The van der Waals surface area contributed by atoms with Crippen LogP contribution in [0.5, 0.6) is 0 Å². The third-order valence-corrected chi connectivity index (χ3v) is 3.62. The minimum atomic E-state index is -0.382. The molecule has 0 bridgehead atoms. The van der Waals surface area contributed by atoms with Crippen LogP contribution in [0.25, 0.3) is 0 Å². The standard InChI is InChI=1S/C14H23N3O3S/c1-9(2)8-20-13(19)12-10(3)15-14(21-12)16-11(18)6-7-17(4)5/h9H,6-8H2,1-5H3,(H,15,16,18). The summed E-state index contributed by atoms with van der Waals surface area (Å²) in [4.78, 5) is 30.2. The van der Waals surface area contributed by atoms with Crippen molar-refractivity contribution in [3.63, 3.8) is 0 Å². The molecule has 7 heteroatoms. The first-order valence-corrected chi connectivity index (χ1v) is 7.70. The Morgan fingerprint density at radius 2 is 2.05 bits per heavy atom. The van der Waals surface area contributed by atoms with Gasteiger partial charge in [-0.25, -0.2) is 9.78 Å². The predicted molar refractivity (Wildman–Crippen MR) is 83.8 cm³/mol. The fourth-order valence-electron chi connectivity index (χ4n) is 1.45. The van der Waals surface area contributed by atoms with Gasteiger partial charge in [-0.05, 0) is 26.9 Å². The second-order valence-corrected chi connectivity index (χ2v) is 6.53. The van der Waals surface area contributed by atoms with Crippen molar-refractivity contribution in [3.05, 3.63) is 10.6 Å². The maximum Gasteiger partial charge on any atom is 0.350 e. The molecule has 1 N–H and O–H groups in total. The molecule has 0 atom stereocenters. The molecule has 0 spiro atoms. The summed E-state index contributed by atoms with van der Waals surface area (Å²) < 4.78 is 5.18. The Hall–Kier alpha value is -1.47. The molecule has 0 saturated carbocycles. The van der Waals surface area contributed by atoms with Crippen LogP contribution >= 0.6 is 11.3 Å². The summed E-state index contributed by atoms with van der Waals surface area (Å²) in [7, 11) is 3.81. The first kappa shape index (κ1) is 17.6. The molecule has 1 aromatic rings. The van der Waals surface area contributed by atoms with Gasteiger partial charge in [0.05, 0.1) is 12.3 Å². The molecule has 0 saturated heterocycles. The van der Waals surface area contributed by atoms with E-state index in [0.29, 0.717) is 35.3 Å². The summed E-state index contributed by atoms with van der Waals surface area (Å²) in [6.07, 6.45) is 0.388. The molecule has 0 unspecified atom stereocenters.